The van der Waals surface area contributed by atoms with Crippen molar-refractivity contribution in [3.8, 4) is 0 Å². The van der Waals surface area contributed by atoms with Crippen LogP contribution in [0.2, 0.25) is 0 Å². The number of carboxylic acids is 1. The van der Waals surface area contributed by atoms with Gasteiger partial charge in [0.1, 0.15) is 0 Å². The molecule has 0 aromatic heterocycles. The van der Waals surface area contributed by atoms with Crippen LogP contribution in [0.5, 0.6) is 0 Å². The van der Waals surface area contributed by atoms with Crippen LogP contribution in [-0.4, -0.2) is 53.0 Å². The van der Waals surface area contributed by atoms with Crippen molar-refractivity contribution in [3.63, 3.8) is 0 Å². The topological polar surface area (TPSA) is 60.8 Å². The second-order valence-corrected chi connectivity index (χ2v) is 3.03. The van der Waals surface area contributed by atoms with Gasteiger partial charge in [0.25, 0.3) is 0 Å². The first kappa shape index (κ1) is 13.2. The first-order valence-corrected chi connectivity index (χ1v) is 3.89. The maximum Gasteiger partial charge on any atom is 0.401 e. The SMILES string of the molecule is CC(O)CN(CC(=O)O)CC(F)(F)F. The highest BCUT2D eigenvalue weighted by Crippen LogP contribution is 2.16. The maximum atomic E-state index is 11.9. The highest BCUT2D eigenvalue weighted by atomic mass is 19.4. The summed E-state index contributed by atoms with van der Waals surface area (Å²) in [6.07, 6.45) is -5.44. The third kappa shape index (κ3) is 7.81. The third-order valence-electron chi connectivity index (χ3n) is 1.28. The Balaban J connectivity index is 4.17. The molecule has 0 aliphatic carbocycles. The number of aliphatic carboxylic acids is 1. The first-order valence-electron chi connectivity index (χ1n) is 3.89. The van der Waals surface area contributed by atoms with Crippen molar-refractivity contribution in [1.29, 1.82) is 0 Å². The molecule has 14 heavy (non-hydrogen) atoms. The minimum absolute atomic E-state index is 0.314. The van der Waals surface area contributed by atoms with Crippen LogP contribution < -0.4 is 0 Å². The van der Waals surface area contributed by atoms with Gasteiger partial charge in [-0.05, 0) is 6.92 Å². The standard InChI is InChI=1S/C7H12F3NO3/c1-5(12)2-11(3-6(13)14)4-7(8,9)10/h5,12H,2-4H2,1H3,(H,13,14). The number of hydrogen-bond donors (Lipinski definition) is 2. The fraction of sp³-hybridized carbons (Fsp3) is 0.857. The molecular weight excluding hydrogens is 203 g/mol. The molecule has 1 atom stereocenters. The van der Waals surface area contributed by atoms with E-state index in [2.05, 4.69) is 0 Å². The lowest BCUT2D eigenvalue weighted by atomic mass is 10.3. The smallest absolute Gasteiger partial charge is 0.401 e. The summed E-state index contributed by atoms with van der Waals surface area (Å²) in [5.41, 5.74) is 0. The van der Waals surface area contributed by atoms with E-state index in [-0.39, 0.29) is 6.54 Å². The van der Waals surface area contributed by atoms with Crippen molar-refractivity contribution in [3.05, 3.63) is 0 Å². The molecule has 0 aliphatic heterocycles. The summed E-state index contributed by atoms with van der Waals surface area (Å²) in [6.45, 7) is -1.08. The van der Waals surface area contributed by atoms with Gasteiger partial charge in [-0.2, -0.15) is 13.2 Å². The summed E-state index contributed by atoms with van der Waals surface area (Å²) in [7, 11) is 0. The molecule has 0 amide bonds. The van der Waals surface area contributed by atoms with E-state index in [0.29, 0.717) is 4.90 Å². The number of halogens is 3. The lowest BCUT2D eigenvalue weighted by Gasteiger charge is -2.22. The van der Waals surface area contributed by atoms with E-state index in [1.54, 1.807) is 0 Å². The zero-order chi connectivity index (χ0) is 11.4. The van der Waals surface area contributed by atoms with Crippen LogP contribution in [-0.2, 0) is 4.79 Å². The summed E-state index contributed by atoms with van der Waals surface area (Å²) in [5.74, 6) is -1.35. The van der Waals surface area contributed by atoms with E-state index in [1.807, 2.05) is 0 Å². The minimum atomic E-state index is -4.45. The number of hydrogen-bond acceptors (Lipinski definition) is 3. The highest BCUT2D eigenvalue weighted by molar-refractivity contribution is 5.69. The lowest BCUT2D eigenvalue weighted by Crippen LogP contribution is -2.41. The number of carbonyl (C=O) groups is 1. The molecule has 7 heteroatoms. The van der Waals surface area contributed by atoms with Crippen molar-refractivity contribution >= 4 is 5.97 Å². The molecule has 0 fully saturated rings. The molecule has 84 valence electrons. The number of alkyl halides is 3. The normalized spacial score (nSPS) is 14.4. The van der Waals surface area contributed by atoms with E-state index in [1.165, 1.54) is 6.92 Å². The second kappa shape index (κ2) is 5.16. The second-order valence-electron chi connectivity index (χ2n) is 3.03. The van der Waals surface area contributed by atoms with Crippen molar-refractivity contribution in [2.24, 2.45) is 0 Å². The Bertz CT molecular complexity index is 193. The predicted molar refractivity (Wildman–Crippen MR) is 41.8 cm³/mol. The number of rotatable bonds is 5. The number of aliphatic hydroxyl groups is 1. The maximum absolute atomic E-state index is 11.9. The van der Waals surface area contributed by atoms with Gasteiger partial charge in [-0.15, -0.1) is 0 Å². The highest BCUT2D eigenvalue weighted by Gasteiger charge is 2.31. The van der Waals surface area contributed by atoms with E-state index >= 15 is 0 Å². The molecule has 0 aromatic rings. The van der Waals surface area contributed by atoms with Gasteiger partial charge in [0, 0.05) is 6.54 Å². The fourth-order valence-electron chi connectivity index (χ4n) is 1.00. The Morgan fingerprint density at radius 3 is 2.29 bits per heavy atom. The van der Waals surface area contributed by atoms with E-state index < -0.39 is 31.3 Å². The van der Waals surface area contributed by atoms with Gasteiger partial charge in [-0.3, -0.25) is 9.69 Å². The van der Waals surface area contributed by atoms with Crippen LogP contribution in [0, 0.1) is 0 Å². The van der Waals surface area contributed by atoms with Gasteiger partial charge in [-0.1, -0.05) is 0 Å². The average Bonchev–Trinajstić information content (AvgIpc) is 1.77. The van der Waals surface area contributed by atoms with Crippen molar-refractivity contribution < 1.29 is 28.2 Å². The van der Waals surface area contributed by atoms with Gasteiger partial charge >= 0.3 is 12.1 Å². The molecule has 0 saturated heterocycles. The van der Waals surface area contributed by atoms with Crippen LogP contribution in [0.15, 0.2) is 0 Å². The van der Waals surface area contributed by atoms with E-state index in [0.717, 1.165) is 0 Å². The van der Waals surface area contributed by atoms with Crippen LogP contribution in [0.4, 0.5) is 13.2 Å². The van der Waals surface area contributed by atoms with Gasteiger partial charge < -0.3 is 10.2 Å². The molecular formula is C7H12F3NO3. The third-order valence-corrected chi connectivity index (χ3v) is 1.28. The molecule has 0 bridgehead atoms. The van der Waals surface area contributed by atoms with Crippen molar-refractivity contribution in [2.45, 2.75) is 19.2 Å². The van der Waals surface area contributed by atoms with Crippen LogP contribution >= 0.6 is 0 Å². The molecule has 0 radical (unpaired) electrons. The zero-order valence-electron chi connectivity index (χ0n) is 7.58. The molecule has 0 aromatic carbocycles. The minimum Gasteiger partial charge on any atom is -0.480 e. The van der Waals surface area contributed by atoms with E-state index in [4.69, 9.17) is 10.2 Å². The summed E-state index contributed by atoms with van der Waals surface area (Å²) in [6, 6.07) is 0. The Hall–Kier alpha value is -0.820. The van der Waals surface area contributed by atoms with Gasteiger partial charge in [0.05, 0.1) is 19.2 Å². The molecule has 0 heterocycles. The number of nitrogens with zero attached hydrogens (tertiary/aromatic N) is 1. The molecule has 0 rings (SSSR count). The lowest BCUT2D eigenvalue weighted by molar-refractivity contribution is -0.155. The fourth-order valence-corrected chi connectivity index (χ4v) is 1.00. The molecule has 0 aliphatic rings. The van der Waals surface area contributed by atoms with Crippen LogP contribution in [0.25, 0.3) is 0 Å². The Labute approximate surface area is 78.9 Å². The zero-order valence-corrected chi connectivity index (χ0v) is 7.58. The summed E-state index contributed by atoms with van der Waals surface area (Å²) in [4.78, 5) is 10.8. The summed E-state index contributed by atoms with van der Waals surface area (Å²) in [5, 5.41) is 17.1. The molecule has 1 unspecified atom stereocenters. The Kier molecular flexibility index (Phi) is 4.86. The largest absolute Gasteiger partial charge is 0.480 e. The molecule has 0 saturated carbocycles. The summed E-state index contributed by atoms with van der Waals surface area (Å²) >= 11 is 0. The van der Waals surface area contributed by atoms with Crippen LogP contribution in [0.3, 0.4) is 0 Å². The monoisotopic (exact) mass is 215 g/mol. The number of carboxylic acid groups (broad SMARTS) is 1. The number of aliphatic hydroxyl groups excluding tert-OH is 1. The van der Waals surface area contributed by atoms with Crippen molar-refractivity contribution in [2.75, 3.05) is 19.6 Å². The molecule has 4 nitrogen and oxygen atoms in total. The quantitative estimate of drug-likeness (QED) is 0.693. The summed E-state index contributed by atoms with van der Waals surface area (Å²) < 4.78 is 35.7. The van der Waals surface area contributed by atoms with Crippen molar-refractivity contribution in [1.82, 2.24) is 4.90 Å². The molecule has 0 spiro atoms. The Morgan fingerprint density at radius 2 is 2.00 bits per heavy atom. The Morgan fingerprint density at radius 1 is 1.50 bits per heavy atom. The average molecular weight is 215 g/mol. The first-order chi connectivity index (χ1) is 6.20. The predicted octanol–water partition coefficient (Wildman–Crippen LogP) is 0.316. The molecule has 2 N–H and O–H groups in total. The van der Waals surface area contributed by atoms with E-state index in [9.17, 15) is 18.0 Å². The van der Waals surface area contributed by atoms with Gasteiger partial charge in [-0.25, -0.2) is 0 Å². The van der Waals surface area contributed by atoms with Gasteiger partial charge in [0.2, 0.25) is 0 Å². The van der Waals surface area contributed by atoms with Gasteiger partial charge in [0.15, 0.2) is 0 Å². The van der Waals surface area contributed by atoms with Crippen LogP contribution in [0.1, 0.15) is 6.92 Å².